The number of nitrogens with zero attached hydrogens (tertiary/aromatic N) is 1. The molecular weight excluding hydrogens is 122 g/mol. The van der Waals surface area contributed by atoms with Crippen LogP contribution in [0.15, 0.2) is 24.3 Å². The van der Waals surface area contributed by atoms with Crippen LogP contribution in [0.25, 0.3) is 4.85 Å². The maximum absolute atomic E-state index is 6.57. The molecule has 1 nitrogen and oxygen atoms in total. The van der Waals surface area contributed by atoms with Gasteiger partial charge in [-0.1, -0.05) is 24.3 Å². The Hall–Kier alpha value is -1.29. The fourth-order valence-corrected chi connectivity index (χ4v) is 0.773. The highest BCUT2D eigenvalue weighted by atomic mass is 14.6. The third-order valence-electron chi connectivity index (χ3n) is 1.30. The van der Waals surface area contributed by atoms with Crippen molar-refractivity contribution in [3.63, 3.8) is 0 Å². The number of rotatable bonds is 2. The van der Waals surface area contributed by atoms with Crippen molar-refractivity contribution in [3.05, 3.63) is 47.3 Å². The Morgan fingerprint density at radius 2 is 2.10 bits per heavy atom. The summed E-state index contributed by atoms with van der Waals surface area (Å²) in [5, 5.41) is 0. The Morgan fingerprint density at radius 3 is 2.70 bits per heavy atom. The first-order valence-corrected chi connectivity index (χ1v) is 3.21. The van der Waals surface area contributed by atoms with Crippen molar-refractivity contribution >= 4 is 0 Å². The molecule has 0 saturated carbocycles. The van der Waals surface area contributed by atoms with E-state index in [0.29, 0.717) is 6.54 Å². The zero-order valence-corrected chi connectivity index (χ0v) is 5.67. The van der Waals surface area contributed by atoms with Crippen LogP contribution in [0.3, 0.4) is 0 Å². The van der Waals surface area contributed by atoms with E-state index in [1.165, 1.54) is 5.56 Å². The first kappa shape index (κ1) is 6.82. The largest absolute Gasteiger partial charge is 0.317 e. The molecule has 0 bridgehead atoms. The molecule has 0 spiro atoms. The standard InChI is InChI=1S/C9H8N/c1-10-8-7-9-5-3-2-4-6-9/h3-6H,7-8H2. The lowest BCUT2D eigenvalue weighted by molar-refractivity contribution is 1.08. The first-order valence-electron chi connectivity index (χ1n) is 3.21. The summed E-state index contributed by atoms with van der Waals surface area (Å²) in [6, 6.07) is 10.7. The van der Waals surface area contributed by atoms with Crippen molar-refractivity contribution in [1.82, 2.24) is 0 Å². The SMILES string of the molecule is [C-]#[N+]CCc1cc[c]cc1. The molecule has 10 heavy (non-hydrogen) atoms. The van der Waals surface area contributed by atoms with Gasteiger partial charge >= 0.3 is 0 Å². The van der Waals surface area contributed by atoms with Crippen molar-refractivity contribution in [3.8, 4) is 0 Å². The van der Waals surface area contributed by atoms with E-state index in [1.54, 1.807) is 0 Å². The van der Waals surface area contributed by atoms with Gasteiger partial charge in [-0.15, -0.1) is 0 Å². The van der Waals surface area contributed by atoms with Crippen LogP contribution in [0, 0.1) is 12.6 Å². The minimum absolute atomic E-state index is 0.587. The molecule has 0 aromatic heterocycles. The fourth-order valence-electron chi connectivity index (χ4n) is 0.773. The van der Waals surface area contributed by atoms with Crippen molar-refractivity contribution in [1.29, 1.82) is 0 Å². The van der Waals surface area contributed by atoms with Gasteiger partial charge in [-0.05, 0) is 11.6 Å². The van der Waals surface area contributed by atoms with Crippen LogP contribution >= 0.6 is 0 Å². The normalized spacial score (nSPS) is 8.70. The Morgan fingerprint density at radius 1 is 1.40 bits per heavy atom. The van der Waals surface area contributed by atoms with Crippen molar-refractivity contribution in [2.24, 2.45) is 0 Å². The Bertz CT molecular complexity index is 220. The molecule has 0 aliphatic heterocycles. The second-order valence-electron chi connectivity index (χ2n) is 2.04. The van der Waals surface area contributed by atoms with E-state index in [0.717, 1.165) is 6.42 Å². The second kappa shape index (κ2) is 3.68. The van der Waals surface area contributed by atoms with Gasteiger partial charge in [0.15, 0.2) is 0 Å². The maximum Gasteiger partial charge on any atom is 0.218 e. The third kappa shape index (κ3) is 1.91. The van der Waals surface area contributed by atoms with Gasteiger partial charge in [-0.25, -0.2) is 6.57 Å². The van der Waals surface area contributed by atoms with Gasteiger partial charge in [0.2, 0.25) is 6.54 Å². The van der Waals surface area contributed by atoms with E-state index in [9.17, 15) is 0 Å². The molecule has 1 rings (SSSR count). The molecule has 0 aliphatic carbocycles. The van der Waals surface area contributed by atoms with Gasteiger partial charge < -0.3 is 4.85 Å². The number of hydrogen-bond donors (Lipinski definition) is 0. The van der Waals surface area contributed by atoms with Crippen LogP contribution in [-0.2, 0) is 6.42 Å². The molecule has 0 atom stereocenters. The summed E-state index contributed by atoms with van der Waals surface area (Å²) in [4.78, 5) is 3.27. The molecule has 0 fully saturated rings. The average Bonchev–Trinajstić information content (AvgIpc) is 2.03. The molecule has 1 aromatic rings. The Balaban J connectivity index is 2.52. The lowest BCUT2D eigenvalue weighted by atomic mass is 10.2. The minimum Gasteiger partial charge on any atom is -0.317 e. The molecule has 0 aliphatic rings. The molecule has 0 heterocycles. The molecular formula is C9H8N. The monoisotopic (exact) mass is 130 g/mol. The minimum atomic E-state index is 0.587. The third-order valence-corrected chi connectivity index (χ3v) is 1.30. The summed E-state index contributed by atoms with van der Waals surface area (Å²) in [6.07, 6.45) is 0.859. The summed E-state index contributed by atoms with van der Waals surface area (Å²) in [7, 11) is 0. The fraction of sp³-hybridized carbons (Fsp3) is 0.222. The van der Waals surface area contributed by atoms with Crippen LogP contribution in [0.1, 0.15) is 5.56 Å². The highest BCUT2D eigenvalue weighted by molar-refractivity contribution is 5.14. The van der Waals surface area contributed by atoms with E-state index >= 15 is 0 Å². The second-order valence-corrected chi connectivity index (χ2v) is 2.04. The van der Waals surface area contributed by atoms with Crippen molar-refractivity contribution in [2.75, 3.05) is 6.54 Å². The maximum atomic E-state index is 6.57. The number of benzene rings is 1. The quantitative estimate of drug-likeness (QED) is 0.539. The zero-order valence-electron chi connectivity index (χ0n) is 5.67. The van der Waals surface area contributed by atoms with E-state index in [-0.39, 0.29) is 0 Å². The van der Waals surface area contributed by atoms with Crippen LogP contribution in [-0.4, -0.2) is 6.54 Å². The first-order chi connectivity index (χ1) is 4.93. The van der Waals surface area contributed by atoms with Crippen LogP contribution in [0.4, 0.5) is 0 Å². The molecule has 0 saturated heterocycles. The van der Waals surface area contributed by atoms with E-state index < -0.39 is 0 Å². The van der Waals surface area contributed by atoms with Gasteiger partial charge in [0.25, 0.3) is 0 Å². The lowest BCUT2D eigenvalue weighted by Gasteiger charge is -1.90. The van der Waals surface area contributed by atoms with Crippen molar-refractivity contribution in [2.45, 2.75) is 6.42 Å². The smallest absolute Gasteiger partial charge is 0.218 e. The van der Waals surface area contributed by atoms with Gasteiger partial charge in [-0.2, -0.15) is 0 Å². The zero-order chi connectivity index (χ0) is 7.23. The predicted molar refractivity (Wildman–Crippen MR) is 40.5 cm³/mol. The van der Waals surface area contributed by atoms with Crippen LogP contribution in [0.5, 0.6) is 0 Å². The topological polar surface area (TPSA) is 4.36 Å². The summed E-state index contributed by atoms with van der Waals surface area (Å²) < 4.78 is 0. The molecule has 0 N–H and O–H groups in total. The van der Waals surface area contributed by atoms with Crippen LogP contribution < -0.4 is 0 Å². The molecule has 1 radical (unpaired) electrons. The predicted octanol–water partition coefficient (Wildman–Crippen LogP) is 1.95. The van der Waals surface area contributed by atoms with Gasteiger partial charge in [0.05, 0.1) is 0 Å². The summed E-state index contributed by atoms with van der Waals surface area (Å²) in [6.45, 7) is 7.16. The molecule has 49 valence electrons. The van der Waals surface area contributed by atoms with Gasteiger partial charge in [0.1, 0.15) is 0 Å². The molecule has 0 unspecified atom stereocenters. The highest BCUT2D eigenvalue weighted by Crippen LogP contribution is 1.98. The summed E-state index contributed by atoms with van der Waals surface area (Å²) in [5.41, 5.74) is 1.22. The highest BCUT2D eigenvalue weighted by Gasteiger charge is 1.90. The van der Waals surface area contributed by atoms with Crippen LogP contribution in [0.2, 0.25) is 0 Å². The van der Waals surface area contributed by atoms with E-state index in [2.05, 4.69) is 10.9 Å². The molecule has 1 aromatic carbocycles. The van der Waals surface area contributed by atoms with E-state index in [4.69, 9.17) is 6.57 Å². The Labute approximate surface area is 61.1 Å². The van der Waals surface area contributed by atoms with E-state index in [1.807, 2.05) is 24.3 Å². The number of hydrogen-bond acceptors (Lipinski definition) is 0. The average molecular weight is 130 g/mol. The summed E-state index contributed by atoms with van der Waals surface area (Å²) >= 11 is 0. The van der Waals surface area contributed by atoms with Gasteiger partial charge in [0, 0.05) is 6.42 Å². The van der Waals surface area contributed by atoms with Crippen molar-refractivity contribution < 1.29 is 0 Å². The molecule has 0 amide bonds. The summed E-state index contributed by atoms with van der Waals surface area (Å²) in [5.74, 6) is 0. The molecule has 1 heteroatoms. The Kier molecular flexibility index (Phi) is 2.51. The lowest BCUT2D eigenvalue weighted by Crippen LogP contribution is -1.85. The van der Waals surface area contributed by atoms with Gasteiger partial charge in [-0.3, -0.25) is 0 Å².